The number of hydrogen-bond donors (Lipinski definition) is 2. The molecule has 28 heavy (non-hydrogen) atoms. The van der Waals surface area contributed by atoms with Gasteiger partial charge in [0, 0.05) is 18.5 Å². The van der Waals surface area contributed by atoms with Crippen LogP contribution in [0.25, 0.3) is 0 Å². The molecule has 0 radical (unpaired) electrons. The summed E-state index contributed by atoms with van der Waals surface area (Å²) in [7, 11) is 0. The minimum atomic E-state index is -0.975. The molecule has 0 unspecified atom stereocenters. The van der Waals surface area contributed by atoms with Gasteiger partial charge in [0.2, 0.25) is 11.8 Å². The topological polar surface area (TPSA) is 78.5 Å². The first-order chi connectivity index (χ1) is 13.3. The number of imide groups is 1. The molecule has 0 saturated carbocycles. The molecule has 4 amide bonds. The average Bonchev–Trinajstić information content (AvgIpc) is 2.97. The normalized spacial score (nSPS) is 14.9. The minimum absolute atomic E-state index is 0.183. The molecule has 1 aliphatic rings. The third kappa shape index (κ3) is 4.51. The number of nitrogens with one attached hydrogen (secondary N) is 2. The number of anilines is 1. The molecule has 2 aromatic rings. The molecule has 0 aliphatic carbocycles. The summed E-state index contributed by atoms with van der Waals surface area (Å²) in [6, 6.07) is 9.16. The molecule has 0 aromatic heterocycles. The van der Waals surface area contributed by atoms with Crippen molar-refractivity contribution in [1.82, 2.24) is 10.2 Å². The SMILES string of the molecule is C[C@@H](NC(=O)Nc1ccc(CN2C(=O)CCC2=O)cc1)c1ccc(F)c(F)c1. The number of nitrogens with zero attached hydrogens (tertiary/aromatic N) is 1. The summed E-state index contributed by atoms with van der Waals surface area (Å²) in [5, 5.41) is 5.28. The maximum Gasteiger partial charge on any atom is 0.319 e. The van der Waals surface area contributed by atoms with Crippen molar-refractivity contribution < 1.29 is 23.2 Å². The molecule has 3 rings (SSSR count). The van der Waals surface area contributed by atoms with Crippen LogP contribution < -0.4 is 10.6 Å². The van der Waals surface area contributed by atoms with E-state index in [1.807, 2.05) is 0 Å². The maximum absolute atomic E-state index is 13.3. The molecule has 0 bridgehead atoms. The molecule has 146 valence electrons. The second kappa shape index (κ2) is 8.16. The Morgan fingerprint density at radius 2 is 1.68 bits per heavy atom. The van der Waals surface area contributed by atoms with E-state index in [2.05, 4.69) is 10.6 Å². The number of halogens is 2. The van der Waals surface area contributed by atoms with Crippen LogP contribution in [0.15, 0.2) is 42.5 Å². The highest BCUT2D eigenvalue weighted by molar-refractivity contribution is 6.01. The van der Waals surface area contributed by atoms with Crippen LogP contribution in [0, 0.1) is 11.6 Å². The van der Waals surface area contributed by atoms with Gasteiger partial charge in [-0.3, -0.25) is 14.5 Å². The Kier molecular flexibility index (Phi) is 5.67. The molecule has 2 N–H and O–H groups in total. The maximum atomic E-state index is 13.3. The average molecular weight is 387 g/mol. The van der Waals surface area contributed by atoms with Crippen LogP contribution in [0.3, 0.4) is 0 Å². The van der Waals surface area contributed by atoms with E-state index in [4.69, 9.17) is 0 Å². The molecular weight excluding hydrogens is 368 g/mol. The Labute approximate surface area is 160 Å². The van der Waals surface area contributed by atoms with Crippen LogP contribution in [-0.2, 0) is 16.1 Å². The standard InChI is InChI=1S/C20H19F2N3O3/c1-12(14-4-7-16(21)17(22)10-14)23-20(28)24-15-5-2-13(3-6-15)11-25-18(26)8-9-19(25)27/h2-7,10,12H,8-9,11H2,1H3,(H2,23,24,28)/t12-/m1/s1. The summed E-state index contributed by atoms with van der Waals surface area (Å²) < 4.78 is 26.3. The van der Waals surface area contributed by atoms with Gasteiger partial charge in [0.1, 0.15) is 0 Å². The van der Waals surface area contributed by atoms with Gasteiger partial charge in [-0.2, -0.15) is 0 Å². The number of rotatable bonds is 5. The van der Waals surface area contributed by atoms with E-state index in [9.17, 15) is 23.2 Å². The third-order valence-electron chi connectivity index (χ3n) is 4.50. The van der Waals surface area contributed by atoms with Crippen molar-refractivity contribution in [3.8, 4) is 0 Å². The Bertz CT molecular complexity index is 899. The summed E-state index contributed by atoms with van der Waals surface area (Å²) in [4.78, 5) is 36.6. The third-order valence-corrected chi connectivity index (χ3v) is 4.50. The molecule has 8 heteroatoms. The lowest BCUT2D eigenvalue weighted by molar-refractivity contribution is -0.139. The number of likely N-dealkylation sites (tertiary alicyclic amines) is 1. The van der Waals surface area contributed by atoms with Crippen molar-refractivity contribution in [3.05, 3.63) is 65.2 Å². The Morgan fingerprint density at radius 1 is 1.04 bits per heavy atom. The van der Waals surface area contributed by atoms with Crippen molar-refractivity contribution >= 4 is 23.5 Å². The first kappa shape index (κ1) is 19.5. The largest absolute Gasteiger partial charge is 0.331 e. The summed E-state index contributed by atoms with van der Waals surface area (Å²) in [6.07, 6.45) is 0.490. The first-order valence-corrected chi connectivity index (χ1v) is 8.78. The molecule has 1 aliphatic heterocycles. The predicted octanol–water partition coefficient (Wildman–Crippen LogP) is 3.50. The number of carbonyl (C=O) groups is 3. The van der Waals surface area contributed by atoms with Crippen LogP contribution in [0.2, 0.25) is 0 Å². The zero-order valence-corrected chi connectivity index (χ0v) is 15.2. The summed E-state index contributed by atoms with van der Waals surface area (Å²) in [5.74, 6) is -2.29. The smallest absolute Gasteiger partial charge is 0.319 e. The van der Waals surface area contributed by atoms with Crippen molar-refractivity contribution in [2.45, 2.75) is 32.4 Å². The van der Waals surface area contributed by atoms with Crippen LogP contribution in [0.4, 0.5) is 19.3 Å². The summed E-state index contributed by atoms with van der Waals surface area (Å²) >= 11 is 0. The Morgan fingerprint density at radius 3 is 2.29 bits per heavy atom. The van der Waals surface area contributed by atoms with Gasteiger partial charge in [0.25, 0.3) is 0 Å². The predicted molar refractivity (Wildman–Crippen MR) is 98.2 cm³/mol. The molecule has 1 fully saturated rings. The highest BCUT2D eigenvalue weighted by Gasteiger charge is 2.28. The number of amides is 4. The Balaban J connectivity index is 1.56. The molecule has 1 heterocycles. The number of carbonyl (C=O) groups excluding carboxylic acids is 3. The van der Waals surface area contributed by atoms with E-state index in [1.54, 1.807) is 31.2 Å². The van der Waals surface area contributed by atoms with Crippen LogP contribution in [0.1, 0.15) is 36.9 Å². The van der Waals surface area contributed by atoms with Crippen molar-refractivity contribution in [1.29, 1.82) is 0 Å². The fourth-order valence-corrected chi connectivity index (χ4v) is 2.90. The van der Waals surface area contributed by atoms with Gasteiger partial charge in [0.05, 0.1) is 12.6 Å². The lowest BCUT2D eigenvalue weighted by Gasteiger charge is -2.16. The second-order valence-corrected chi connectivity index (χ2v) is 6.56. The zero-order chi connectivity index (χ0) is 20.3. The van der Waals surface area contributed by atoms with Gasteiger partial charge in [-0.25, -0.2) is 13.6 Å². The number of hydrogen-bond acceptors (Lipinski definition) is 3. The highest BCUT2D eigenvalue weighted by Crippen LogP contribution is 2.18. The van der Waals surface area contributed by atoms with E-state index in [0.717, 1.165) is 17.7 Å². The molecule has 2 aromatic carbocycles. The Hall–Kier alpha value is -3.29. The van der Waals surface area contributed by atoms with Crippen LogP contribution in [-0.4, -0.2) is 22.7 Å². The van der Waals surface area contributed by atoms with Crippen molar-refractivity contribution in [3.63, 3.8) is 0 Å². The summed E-state index contributed by atoms with van der Waals surface area (Å²) in [6.45, 7) is 1.86. The van der Waals surface area contributed by atoms with E-state index in [1.165, 1.54) is 11.0 Å². The van der Waals surface area contributed by atoms with Gasteiger partial charge in [-0.1, -0.05) is 18.2 Å². The zero-order valence-electron chi connectivity index (χ0n) is 15.2. The molecule has 0 spiro atoms. The van der Waals surface area contributed by atoms with E-state index >= 15 is 0 Å². The molecule has 1 saturated heterocycles. The first-order valence-electron chi connectivity index (χ1n) is 8.78. The fraction of sp³-hybridized carbons (Fsp3) is 0.250. The minimum Gasteiger partial charge on any atom is -0.331 e. The van der Waals surface area contributed by atoms with Gasteiger partial charge < -0.3 is 10.6 Å². The number of urea groups is 1. The molecular formula is C20H19F2N3O3. The lowest BCUT2D eigenvalue weighted by Crippen LogP contribution is -2.31. The quantitative estimate of drug-likeness (QED) is 0.771. The molecule has 6 nitrogen and oxygen atoms in total. The van der Waals surface area contributed by atoms with Crippen LogP contribution >= 0.6 is 0 Å². The van der Waals surface area contributed by atoms with Gasteiger partial charge in [-0.05, 0) is 42.3 Å². The van der Waals surface area contributed by atoms with Crippen molar-refractivity contribution in [2.75, 3.05) is 5.32 Å². The van der Waals surface area contributed by atoms with Gasteiger partial charge in [0.15, 0.2) is 11.6 Å². The second-order valence-electron chi connectivity index (χ2n) is 6.56. The van der Waals surface area contributed by atoms with Gasteiger partial charge in [-0.15, -0.1) is 0 Å². The lowest BCUT2D eigenvalue weighted by atomic mass is 10.1. The van der Waals surface area contributed by atoms with Gasteiger partial charge >= 0.3 is 6.03 Å². The van der Waals surface area contributed by atoms with E-state index in [0.29, 0.717) is 11.3 Å². The van der Waals surface area contributed by atoms with E-state index in [-0.39, 0.29) is 31.2 Å². The summed E-state index contributed by atoms with van der Waals surface area (Å²) in [5.41, 5.74) is 1.71. The molecule has 1 atom stereocenters. The van der Waals surface area contributed by atoms with Crippen LogP contribution in [0.5, 0.6) is 0 Å². The monoisotopic (exact) mass is 387 g/mol. The van der Waals surface area contributed by atoms with E-state index < -0.39 is 23.7 Å². The highest BCUT2D eigenvalue weighted by atomic mass is 19.2. The fourth-order valence-electron chi connectivity index (χ4n) is 2.90. The number of benzene rings is 2. The van der Waals surface area contributed by atoms with Crippen molar-refractivity contribution in [2.24, 2.45) is 0 Å².